The van der Waals surface area contributed by atoms with E-state index in [4.69, 9.17) is 17.3 Å². The summed E-state index contributed by atoms with van der Waals surface area (Å²) < 4.78 is 43.7. The first-order valence-corrected chi connectivity index (χ1v) is 11.8. The van der Waals surface area contributed by atoms with Gasteiger partial charge in [0.25, 0.3) is 0 Å². The van der Waals surface area contributed by atoms with E-state index in [1.807, 2.05) is 74.8 Å². The van der Waals surface area contributed by atoms with Gasteiger partial charge in [-0.2, -0.15) is 13.2 Å². The highest BCUT2D eigenvalue weighted by Gasteiger charge is 2.31. The Morgan fingerprint density at radius 1 is 0.771 bits per heavy atom. The summed E-state index contributed by atoms with van der Waals surface area (Å²) in [6, 6.07) is 25.4. The number of aromatic nitrogens is 3. The number of anilines is 1. The Hall–Kier alpha value is -3.43. The molecule has 1 aromatic heterocycles. The summed E-state index contributed by atoms with van der Waals surface area (Å²) in [5, 5.41) is 4.86. The molecule has 9 heteroatoms. The molecule has 0 N–H and O–H groups in total. The molecular formula is C26H24F3N5S. The maximum Gasteiger partial charge on any atom is 0.416 e. The van der Waals surface area contributed by atoms with E-state index in [0.29, 0.717) is 43.3 Å². The van der Waals surface area contributed by atoms with Crippen LogP contribution in [0.5, 0.6) is 0 Å². The molecule has 0 spiro atoms. The van der Waals surface area contributed by atoms with Crippen LogP contribution in [0.3, 0.4) is 0 Å². The summed E-state index contributed by atoms with van der Waals surface area (Å²) in [6.45, 7) is 3.14. The molecule has 5 nitrogen and oxygen atoms in total. The van der Waals surface area contributed by atoms with Crippen molar-refractivity contribution < 1.29 is 13.2 Å². The zero-order chi connectivity index (χ0) is 24.4. The zero-order valence-electron chi connectivity index (χ0n) is 18.9. The lowest BCUT2D eigenvalue weighted by Gasteiger charge is -2.36. The molecule has 1 aliphatic rings. The average molecular weight is 496 g/mol. The van der Waals surface area contributed by atoms with E-state index < -0.39 is 11.7 Å². The largest absolute Gasteiger partial charge is 0.416 e. The Morgan fingerprint density at radius 3 is 2.06 bits per heavy atom. The zero-order valence-corrected chi connectivity index (χ0v) is 19.7. The quantitative estimate of drug-likeness (QED) is 0.324. The van der Waals surface area contributed by atoms with Crippen molar-refractivity contribution in [2.24, 2.45) is 0 Å². The molecule has 2 heterocycles. The molecule has 1 fully saturated rings. The van der Waals surface area contributed by atoms with Crippen molar-refractivity contribution in [3.63, 3.8) is 0 Å². The van der Waals surface area contributed by atoms with Gasteiger partial charge in [0.15, 0.2) is 5.82 Å². The van der Waals surface area contributed by atoms with E-state index >= 15 is 0 Å². The first-order chi connectivity index (χ1) is 16.9. The Labute approximate surface area is 206 Å². The monoisotopic (exact) mass is 495 g/mol. The summed E-state index contributed by atoms with van der Waals surface area (Å²) in [5.74, 6) is 0.768. The molecule has 5 rings (SSSR count). The molecule has 1 aliphatic heterocycles. The minimum absolute atomic E-state index is 0.509. The van der Waals surface area contributed by atoms with E-state index in [-0.39, 0.29) is 0 Å². The standard InChI is InChI=1S/C26H24F3N5S/c27-26(28,29)21-10-7-13-23(18-21)32-16-14-31(15-17-32)19-33-25(35)34(22-11-5-2-6-12-22)24(30-33)20-8-3-1-4-9-20/h1-13,18H,14-17,19H2. The number of para-hydroxylation sites is 1. The predicted octanol–water partition coefficient (Wildman–Crippen LogP) is 5.87. The van der Waals surface area contributed by atoms with E-state index in [9.17, 15) is 13.2 Å². The van der Waals surface area contributed by atoms with Crippen LogP contribution in [0.1, 0.15) is 5.56 Å². The molecule has 0 atom stereocenters. The van der Waals surface area contributed by atoms with Crippen LogP contribution in [0.2, 0.25) is 0 Å². The fraction of sp³-hybridized carbons (Fsp3) is 0.231. The Balaban J connectivity index is 1.36. The van der Waals surface area contributed by atoms with Crippen LogP contribution in [0.25, 0.3) is 17.1 Å². The van der Waals surface area contributed by atoms with Crippen LogP contribution in [0.4, 0.5) is 18.9 Å². The van der Waals surface area contributed by atoms with Gasteiger partial charge in [0.05, 0.1) is 12.2 Å². The van der Waals surface area contributed by atoms with Gasteiger partial charge >= 0.3 is 6.18 Å². The lowest BCUT2D eigenvalue weighted by atomic mass is 10.1. The molecule has 180 valence electrons. The topological polar surface area (TPSA) is 29.2 Å². The van der Waals surface area contributed by atoms with Crippen molar-refractivity contribution >= 4 is 17.9 Å². The van der Waals surface area contributed by atoms with Crippen molar-refractivity contribution in [3.8, 4) is 17.1 Å². The second kappa shape index (κ2) is 9.67. The minimum Gasteiger partial charge on any atom is -0.369 e. The highest BCUT2D eigenvalue weighted by molar-refractivity contribution is 7.71. The predicted molar refractivity (Wildman–Crippen MR) is 133 cm³/mol. The number of benzene rings is 3. The van der Waals surface area contributed by atoms with Gasteiger partial charge in [-0.25, -0.2) is 4.68 Å². The van der Waals surface area contributed by atoms with Crippen molar-refractivity contribution in [1.29, 1.82) is 0 Å². The first-order valence-electron chi connectivity index (χ1n) is 11.4. The number of piperazine rings is 1. The smallest absolute Gasteiger partial charge is 0.369 e. The molecule has 0 saturated carbocycles. The molecule has 3 aromatic carbocycles. The number of halogens is 3. The van der Waals surface area contributed by atoms with E-state index in [1.165, 1.54) is 12.1 Å². The van der Waals surface area contributed by atoms with Crippen molar-refractivity contribution in [2.75, 3.05) is 31.1 Å². The van der Waals surface area contributed by atoms with Gasteiger partial charge in [0.1, 0.15) is 0 Å². The fourth-order valence-electron chi connectivity index (χ4n) is 4.30. The number of alkyl halides is 3. The summed E-state index contributed by atoms with van der Waals surface area (Å²) in [7, 11) is 0. The molecule has 0 radical (unpaired) electrons. The van der Waals surface area contributed by atoms with Crippen LogP contribution >= 0.6 is 12.2 Å². The van der Waals surface area contributed by atoms with Gasteiger partial charge in [0.2, 0.25) is 4.77 Å². The Kier molecular flexibility index (Phi) is 6.44. The molecular weight excluding hydrogens is 471 g/mol. The Morgan fingerprint density at radius 2 is 1.40 bits per heavy atom. The number of hydrogen-bond acceptors (Lipinski definition) is 4. The lowest BCUT2D eigenvalue weighted by molar-refractivity contribution is -0.137. The fourth-order valence-corrected chi connectivity index (χ4v) is 4.59. The molecule has 0 bridgehead atoms. The number of nitrogens with zero attached hydrogens (tertiary/aromatic N) is 5. The first kappa shape index (κ1) is 23.3. The second-order valence-electron chi connectivity index (χ2n) is 8.44. The van der Waals surface area contributed by atoms with E-state index in [2.05, 4.69) is 4.90 Å². The second-order valence-corrected chi connectivity index (χ2v) is 8.80. The highest BCUT2D eigenvalue weighted by Crippen LogP contribution is 2.32. The van der Waals surface area contributed by atoms with Crippen molar-refractivity contribution in [3.05, 3.63) is 95.3 Å². The average Bonchev–Trinajstić information content (AvgIpc) is 3.21. The number of rotatable bonds is 5. The summed E-state index contributed by atoms with van der Waals surface area (Å²) in [6.07, 6.45) is -4.34. The maximum atomic E-state index is 13.1. The third kappa shape index (κ3) is 5.01. The molecule has 0 unspecified atom stereocenters. The van der Waals surface area contributed by atoms with Crippen LogP contribution in [-0.4, -0.2) is 45.4 Å². The van der Waals surface area contributed by atoms with Crippen LogP contribution < -0.4 is 4.90 Å². The summed E-state index contributed by atoms with van der Waals surface area (Å²) >= 11 is 5.83. The third-order valence-electron chi connectivity index (χ3n) is 6.13. The van der Waals surface area contributed by atoms with Gasteiger partial charge in [-0.15, -0.1) is 5.10 Å². The normalized spacial score (nSPS) is 14.9. The van der Waals surface area contributed by atoms with Gasteiger partial charge in [-0.05, 0) is 42.5 Å². The highest BCUT2D eigenvalue weighted by atomic mass is 32.1. The van der Waals surface area contributed by atoms with Crippen LogP contribution in [0.15, 0.2) is 84.9 Å². The SMILES string of the molecule is FC(F)(F)c1cccc(N2CCN(Cn3nc(-c4ccccc4)n(-c4ccccc4)c3=S)CC2)c1. The third-order valence-corrected chi connectivity index (χ3v) is 6.52. The lowest BCUT2D eigenvalue weighted by Crippen LogP contribution is -2.47. The van der Waals surface area contributed by atoms with Crippen LogP contribution in [-0.2, 0) is 12.8 Å². The van der Waals surface area contributed by atoms with Gasteiger partial charge in [0, 0.05) is 43.1 Å². The molecule has 4 aromatic rings. The van der Waals surface area contributed by atoms with Crippen molar-refractivity contribution in [2.45, 2.75) is 12.8 Å². The van der Waals surface area contributed by atoms with E-state index in [0.717, 1.165) is 23.1 Å². The van der Waals surface area contributed by atoms with Gasteiger partial charge in [-0.3, -0.25) is 9.47 Å². The summed E-state index contributed by atoms with van der Waals surface area (Å²) in [4.78, 5) is 4.21. The molecule has 35 heavy (non-hydrogen) atoms. The number of hydrogen-bond donors (Lipinski definition) is 0. The molecule has 1 saturated heterocycles. The van der Waals surface area contributed by atoms with E-state index in [1.54, 1.807) is 6.07 Å². The van der Waals surface area contributed by atoms with Gasteiger partial charge < -0.3 is 4.90 Å². The van der Waals surface area contributed by atoms with Crippen LogP contribution in [0, 0.1) is 4.77 Å². The maximum absolute atomic E-state index is 13.1. The van der Waals surface area contributed by atoms with Gasteiger partial charge in [-0.1, -0.05) is 54.6 Å². The van der Waals surface area contributed by atoms with Crippen molar-refractivity contribution in [1.82, 2.24) is 19.2 Å². The Bertz CT molecular complexity index is 1340. The molecule has 0 aliphatic carbocycles. The minimum atomic E-state index is -4.34. The summed E-state index contributed by atoms with van der Waals surface area (Å²) in [5.41, 5.74) is 1.88. The molecule has 0 amide bonds.